The molecule has 3 nitrogen and oxygen atoms in total. The second-order valence-corrected chi connectivity index (χ2v) is 25.4. The first-order chi connectivity index (χ1) is 33.1. The minimum Gasteiger partial charge on any atom is -0.456 e. The Bertz CT molecular complexity index is 4000. The summed E-state index contributed by atoms with van der Waals surface area (Å²) >= 11 is 0. The lowest BCUT2D eigenvalue weighted by atomic mass is 9.43. The highest BCUT2D eigenvalue weighted by atomic mass is 16.3. The molecule has 0 saturated carbocycles. The number of benzene rings is 8. The summed E-state index contributed by atoms with van der Waals surface area (Å²) in [6.07, 6.45) is 0. The number of aromatic nitrogens is 1. The highest BCUT2D eigenvalue weighted by molar-refractivity contribution is 6.94. The third kappa shape index (κ3) is 5.27. The predicted octanol–water partition coefficient (Wildman–Crippen LogP) is 16.4. The molecule has 70 heavy (non-hydrogen) atoms. The van der Waals surface area contributed by atoms with Crippen LogP contribution in [0.25, 0.3) is 82.8 Å². The van der Waals surface area contributed by atoms with Gasteiger partial charge in [-0.1, -0.05) is 169 Å². The quantitative estimate of drug-likeness (QED) is 0.153. The fourth-order valence-electron chi connectivity index (χ4n) is 13.6. The molecule has 0 spiro atoms. The van der Waals surface area contributed by atoms with Crippen LogP contribution in [0.3, 0.4) is 0 Å². The van der Waals surface area contributed by atoms with E-state index in [0.717, 1.165) is 21.9 Å². The van der Waals surface area contributed by atoms with Crippen molar-refractivity contribution in [3.8, 4) is 39.1 Å². The van der Waals surface area contributed by atoms with Crippen molar-refractivity contribution >= 4 is 72.9 Å². The zero-order chi connectivity index (χ0) is 48.5. The van der Waals surface area contributed by atoms with Gasteiger partial charge in [-0.3, -0.25) is 0 Å². The van der Waals surface area contributed by atoms with Gasteiger partial charge in [0.25, 0.3) is 0 Å². The summed E-state index contributed by atoms with van der Waals surface area (Å²) in [5.41, 5.74) is 28.1. The van der Waals surface area contributed by atoms with Crippen LogP contribution >= 0.6 is 0 Å². The molecule has 8 aromatic carbocycles. The summed E-state index contributed by atoms with van der Waals surface area (Å²) in [5, 5.41) is 4.99. The molecule has 0 saturated heterocycles. The molecular weight excluding hydrogens is 848 g/mol. The summed E-state index contributed by atoms with van der Waals surface area (Å²) in [4.78, 5) is 2.73. The van der Waals surface area contributed by atoms with E-state index >= 15 is 0 Å². The van der Waals surface area contributed by atoms with Crippen LogP contribution in [-0.4, -0.2) is 11.4 Å². The minimum atomic E-state index is -0.289. The monoisotopic (exact) mass is 908 g/mol. The zero-order valence-corrected chi connectivity index (χ0v) is 43.1. The van der Waals surface area contributed by atoms with Crippen molar-refractivity contribution in [2.45, 2.75) is 117 Å². The Hall–Kier alpha value is -6.78. The van der Waals surface area contributed by atoms with Gasteiger partial charge >= 0.3 is 6.85 Å². The third-order valence-electron chi connectivity index (χ3n) is 17.4. The van der Waals surface area contributed by atoms with Crippen LogP contribution in [0.5, 0.6) is 0 Å². The third-order valence-corrected chi connectivity index (χ3v) is 17.4. The van der Waals surface area contributed by atoms with Crippen molar-refractivity contribution in [2.75, 3.05) is 4.81 Å². The summed E-state index contributed by atoms with van der Waals surface area (Å²) in [7, 11) is 0. The van der Waals surface area contributed by atoms with Gasteiger partial charge in [0.05, 0.1) is 11.0 Å². The summed E-state index contributed by atoms with van der Waals surface area (Å²) in [6.45, 7) is 30.8. The molecule has 2 aromatic heterocycles. The molecule has 0 atom stereocenters. The van der Waals surface area contributed by atoms with Crippen LogP contribution in [0.1, 0.15) is 129 Å². The molecule has 2 aliphatic carbocycles. The van der Waals surface area contributed by atoms with E-state index in [1.54, 1.807) is 0 Å². The minimum absolute atomic E-state index is 0.0114. The molecule has 0 unspecified atom stereocenters. The lowest BCUT2D eigenvalue weighted by Crippen LogP contribution is -2.61. The highest BCUT2D eigenvalue weighted by Gasteiger charge is 2.51. The van der Waals surface area contributed by atoms with E-state index in [9.17, 15) is 0 Å². The smallest absolute Gasteiger partial charge is 0.333 e. The fourth-order valence-corrected chi connectivity index (χ4v) is 13.6. The zero-order valence-electron chi connectivity index (χ0n) is 43.1. The Balaban J connectivity index is 1.21. The first kappa shape index (κ1) is 42.1. The first-order valence-corrected chi connectivity index (χ1v) is 25.6. The van der Waals surface area contributed by atoms with Crippen molar-refractivity contribution in [2.24, 2.45) is 0 Å². The number of hydrogen-bond acceptors (Lipinski definition) is 2. The van der Waals surface area contributed by atoms with Gasteiger partial charge in [0, 0.05) is 55.0 Å². The second kappa shape index (κ2) is 13.1. The Labute approximate surface area is 413 Å². The molecule has 0 fully saturated rings. The number of anilines is 2. The van der Waals surface area contributed by atoms with Crippen LogP contribution in [0.2, 0.25) is 0 Å². The van der Waals surface area contributed by atoms with E-state index in [0.29, 0.717) is 0 Å². The van der Waals surface area contributed by atoms with Crippen LogP contribution in [0.15, 0.2) is 138 Å². The molecule has 0 radical (unpaired) electrons. The van der Waals surface area contributed by atoms with Crippen LogP contribution in [0, 0.1) is 0 Å². The van der Waals surface area contributed by atoms with E-state index in [4.69, 9.17) is 4.42 Å². The molecule has 0 amide bonds. The summed E-state index contributed by atoms with van der Waals surface area (Å²) in [6, 6.07) is 52.2. The predicted molar refractivity (Wildman–Crippen MR) is 298 cm³/mol. The van der Waals surface area contributed by atoms with Crippen LogP contribution in [0.4, 0.5) is 11.4 Å². The summed E-state index contributed by atoms with van der Waals surface area (Å²) < 4.78 is 9.55. The Morgan fingerprint density at radius 2 is 1.13 bits per heavy atom. The van der Waals surface area contributed by atoms with E-state index < -0.39 is 0 Å². The average Bonchev–Trinajstić information content (AvgIpc) is 3.99. The molecule has 4 heterocycles. The van der Waals surface area contributed by atoms with Gasteiger partial charge in [-0.25, -0.2) is 0 Å². The Morgan fingerprint density at radius 1 is 0.471 bits per heavy atom. The van der Waals surface area contributed by atoms with Gasteiger partial charge in [-0.05, 0) is 149 Å². The second-order valence-electron chi connectivity index (χ2n) is 25.4. The maximum atomic E-state index is 6.88. The van der Waals surface area contributed by atoms with Crippen LogP contribution in [-0.2, 0) is 27.1 Å². The topological polar surface area (TPSA) is 21.3 Å². The highest BCUT2D eigenvalue weighted by Crippen LogP contribution is 2.61. The van der Waals surface area contributed by atoms with Gasteiger partial charge in [0.15, 0.2) is 0 Å². The van der Waals surface area contributed by atoms with E-state index in [-0.39, 0.29) is 33.9 Å². The van der Waals surface area contributed by atoms with Crippen molar-refractivity contribution in [1.82, 2.24) is 4.57 Å². The van der Waals surface area contributed by atoms with Gasteiger partial charge in [-0.15, -0.1) is 0 Å². The Morgan fingerprint density at radius 3 is 1.87 bits per heavy atom. The molecule has 344 valence electrons. The standard InChI is InChI=1S/C66H61BN2O/c1-62(2,3)36-22-26-39(27-23-36)69-52-33-43-40-28-24-38(64(7,8)9)31-48(40)65(10,11)49(43)32-46(52)58-59-56(42-19-14-16-20-47(42)66(59,12)13)57-45-30-37(63(4,5)6)25-29-51(45)68-53-34-44-41-18-15-17-21-54(41)70-55(44)35-50(53)67(69)60(58)61(57)68/h14-35H,1-13H3. The molecule has 4 heteroatoms. The van der Waals surface area contributed by atoms with Gasteiger partial charge in [-0.2, -0.15) is 0 Å². The van der Waals surface area contributed by atoms with Gasteiger partial charge in [0.1, 0.15) is 11.2 Å². The van der Waals surface area contributed by atoms with E-state index in [1.807, 2.05) is 0 Å². The van der Waals surface area contributed by atoms with Gasteiger partial charge < -0.3 is 13.8 Å². The average molecular weight is 909 g/mol. The molecule has 0 bridgehead atoms. The van der Waals surface area contributed by atoms with Crippen molar-refractivity contribution in [3.05, 3.63) is 172 Å². The molecule has 4 aliphatic rings. The number of furan rings is 1. The van der Waals surface area contributed by atoms with E-state index in [2.05, 4.69) is 233 Å². The molecule has 14 rings (SSSR count). The lowest BCUT2D eigenvalue weighted by Gasteiger charge is -2.44. The number of nitrogens with zero attached hydrogens (tertiary/aromatic N) is 2. The normalized spacial score (nSPS) is 16.0. The van der Waals surface area contributed by atoms with E-state index in [1.165, 1.54) is 122 Å². The van der Waals surface area contributed by atoms with Crippen molar-refractivity contribution in [1.29, 1.82) is 0 Å². The maximum Gasteiger partial charge on any atom is 0.333 e. The maximum absolute atomic E-state index is 6.88. The van der Waals surface area contributed by atoms with Crippen molar-refractivity contribution in [3.63, 3.8) is 0 Å². The molecule has 0 N–H and O–H groups in total. The van der Waals surface area contributed by atoms with Gasteiger partial charge in [0.2, 0.25) is 0 Å². The lowest BCUT2D eigenvalue weighted by molar-refractivity contribution is 0.584. The number of para-hydroxylation sites is 1. The molecule has 2 aliphatic heterocycles. The largest absolute Gasteiger partial charge is 0.456 e. The molecular formula is C66H61BN2O. The number of rotatable bonds is 1. The Kier molecular flexibility index (Phi) is 7.91. The van der Waals surface area contributed by atoms with Crippen molar-refractivity contribution < 1.29 is 4.42 Å². The molecule has 10 aromatic rings. The van der Waals surface area contributed by atoms with Crippen LogP contribution < -0.4 is 15.7 Å². The fraction of sp³-hybridized carbons (Fsp3) is 0.273. The first-order valence-electron chi connectivity index (χ1n) is 25.6. The summed E-state index contributed by atoms with van der Waals surface area (Å²) in [5.74, 6) is 0. The number of hydrogen-bond donors (Lipinski definition) is 0. The SMILES string of the molecule is CC(C)(C)c1ccc(N2B3c4cc5oc6ccccc6c5cc4-n4c5ccc(C(C)(C)C)cc5c5c6c(c(c3c54)-c3cc4c(cc32)-c2ccc(C(C)(C)C)cc2C4(C)C)C(C)(C)c2ccccc2-6)cc1. The number of fused-ring (bicyclic) bond motifs is 19.